The highest BCUT2D eigenvalue weighted by atomic mass is 16.5. The lowest BCUT2D eigenvalue weighted by molar-refractivity contribution is 0.0479. The van der Waals surface area contributed by atoms with Crippen molar-refractivity contribution in [3.63, 3.8) is 0 Å². The highest BCUT2D eigenvalue weighted by Crippen LogP contribution is 2.19. The SMILES string of the molecule is C=C(CCCC)CCC(=C)OC(C)(C)C. The van der Waals surface area contributed by atoms with Crippen LogP contribution in [0.2, 0.25) is 0 Å². The molecule has 0 aromatic rings. The molecule has 0 aliphatic rings. The van der Waals surface area contributed by atoms with Gasteiger partial charge in [0.1, 0.15) is 5.60 Å². The van der Waals surface area contributed by atoms with Crippen LogP contribution in [0.4, 0.5) is 0 Å². The largest absolute Gasteiger partial charge is 0.493 e. The van der Waals surface area contributed by atoms with Crippen molar-refractivity contribution in [1.82, 2.24) is 0 Å². The van der Waals surface area contributed by atoms with Gasteiger partial charge in [-0.05, 0) is 40.0 Å². The van der Waals surface area contributed by atoms with Gasteiger partial charge in [0, 0.05) is 6.42 Å². The summed E-state index contributed by atoms with van der Waals surface area (Å²) in [6.07, 6.45) is 5.53. The van der Waals surface area contributed by atoms with E-state index in [9.17, 15) is 0 Å². The second-order valence-corrected chi connectivity index (χ2v) is 5.11. The van der Waals surface area contributed by atoms with Crippen molar-refractivity contribution in [2.75, 3.05) is 0 Å². The normalized spacial score (nSPS) is 11.2. The van der Waals surface area contributed by atoms with Crippen molar-refractivity contribution >= 4 is 0 Å². The molecule has 0 N–H and O–H groups in total. The molecule has 0 radical (unpaired) electrons. The summed E-state index contributed by atoms with van der Waals surface area (Å²) in [6, 6.07) is 0. The highest BCUT2D eigenvalue weighted by Gasteiger charge is 2.12. The number of unbranched alkanes of at least 4 members (excludes halogenated alkanes) is 1. The van der Waals surface area contributed by atoms with Crippen molar-refractivity contribution in [1.29, 1.82) is 0 Å². The van der Waals surface area contributed by atoms with E-state index in [1.54, 1.807) is 0 Å². The van der Waals surface area contributed by atoms with Crippen LogP contribution in [0.5, 0.6) is 0 Å². The predicted molar refractivity (Wildman–Crippen MR) is 67.9 cm³/mol. The van der Waals surface area contributed by atoms with Gasteiger partial charge in [0.15, 0.2) is 0 Å². The van der Waals surface area contributed by atoms with Crippen molar-refractivity contribution in [3.8, 4) is 0 Å². The molecule has 0 aromatic heterocycles. The molecule has 0 bridgehead atoms. The molecule has 0 heterocycles. The van der Waals surface area contributed by atoms with E-state index >= 15 is 0 Å². The quantitative estimate of drug-likeness (QED) is 0.431. The third-order valence-corrected chi connectivity index (χ3v) is 2.09. The Morgan fingerprint density at radius 3 is 2.13 bits per heavy atom. The highest BCUT2D eigenvalue weighted by molar-refractivity contribution is 4.98. The summed E-state index contributed by atoms with van der Waals surface area (Å²) in [6.45, 7) is 16.3. The van der Waals surface area contributed by atoms with E-state index in [4.69, 9.17) is 4.74 Å². The standard InChI is InChI=1S/C14H26O/c1-7-8-9-12(2)10-11-13(3)15-14(4,5)6/h2-3,7-11H2,1,4-6H3. The van der Waals surface area contributed by atoms with Crippen LogP contribution in [0.3, 0.4) is 0 Å². The summed E-state index contributed by atoms with van der Waals surface area (Å²) in [4.78, 5) is 0. The van der Waals surface area contributed by atoms with Crippen molar-refractivity contribution in [2.45, 2.75) is 65.4 Å². The van der Waals surface area contributed by atoms with Crippen LogP contribution in [0, 0.1) is 0 Å². The Labute approximate surface area is 95.2 Å². The third kappa shape index (κ3) is 9.58. The van der Waals surface area contributed by atoms with Crippen LogP contribution in [-0.2, 0) is 4.74 Å². The van der Waals surface area contributed by atoms with Crippen LogP contribution in [0.15, 0.2) is 24.5 Å². The maximum Gasteiger partial charge on any atom is 0.100 e. The van der Waals surface area contributed by atoms with Crippen LogP contribution < -0.4 is 0 Å². The first-order valence-corrected chi connectivity index (χ1v) is 5.88. The summed E-state index contributed by atoms with van der Waals surface area (Å²) in [7, 11) is 0. The Bertz CT molecular complexity index is 208. The average Bonchev–Trinajstić information content (AvgIpc) is 2.08. The molecule has 0 atom stereocenters. The third-order valence-electron chi connectivity index (χ3n) is 2.09. The molecule has 15 heavy (non-hydrogen) atoms. The zero-order valence-electron chi connectivity index (χ0n) is 10.9. The average molecular weight is 210 g/mol. The fourth-order valence-corrected chi connectivity index (χ4v) is 1.35. The molecule has 88 valence electrons. The lowest BCUT2D eigenvalue weighted by Crippen LogP contribution is -2.18. The fraction of sp³-hybridized carbons (Fsp3) is 0.714. The van der Waals surface area contributed by atoms with Crippen molar-refractivity contribution in [3.05, 3.63) is 24.5 Å². The Balaban J connectivity index is 3.67. The molecule has 0 saturated carbocycles. The van der Waals surface area contributed by atoms with E-state index in [1.165, 1.54) is 18.4 Å². The molecule has 0 fully saturated rings. The molecule has 0 rings (SSSR count). The van der Waals surface area contributed by atoms with Crippen molar-refractivity contribution in [2.24, 2.45) is 0 Å². The van der Waals surface area contributed by atoms with Crippen LogP contribution in [0.1, 0.15) is 59.8 Å². The summed E-state index contributed by atoms with van der Waals surface area (Å²) < 4.78 is 5.66. The molecule has 0 amide bonds. The lowest BCUT2D eigenvalue weighted by atomic mass is 10.1. The molecular weight excluding hydrogens is 184 g/mol. The number of ether oxygens (including phenoxy) is 1. The van der Waals surface area contributed by atoms with E-state index in [1.807, 2.05) is 20.8 Å². The number of allylic oxidation sites excluding steroid dienone is 2. The van der Waals surface area contributed by atoms with Gasteiger partial charge in [0.25, 0.3) is 0 Å². The predicted octanol–water partition coefficient (Wildman–Crippen LogP) is 4.84. The Hall–Kier alpha value is -0.720. The van der Waals surface area contributed by atoms with Gasteiger partial charge >= 0.3 is 0 Å². The lowest BCUT2D eigenvalue weighted by Gasteiger charge is -2.23. The van der Waals surface area contributed by atoms with Gasteiger partial charge in [-0.2, -0.15) is 0 Å². The van der Waals surface area contributed by atoms with Crippen molar-refractivity contribution < 1.29 is 4.74 Å². The van der Waals surface area contributed by atoms with Gasteiger partial charge in [-0.1, -0.05) is 32.1 Å². The molecule has 1 heteroatoms. The first kappa shape index (κ1) is 14.3. The Morgan fingerprint density at radius 1 is 1.07 bits per heavy atom. The van der Waals surface area contributed by atoms with E-state index in [0.29, 0.717) is 0 Å². The molecule has 0 aromatic carbocycles. The van der Waals surface area contributed by atoms with E-state index in [2.05, 4.69) is 20.1 Å². The Kier molecular flexibility index (Phi) is 6.38. The van der Waals surface area contributed by atoms with E-state index in [-0.39, 0.29) is 5.60 Å². The fourth-order valence-electron chi connectivity index (χ4n) is 1.35. The second-order valence-electron chi connectivity index (χ2n) is 5.11. The molecule has 0 saturated heterocycles. The van der Waals surface area contributed by atoms with Gasteiger partial charge in [0.2, 0.25) is 0 Å². The minimum absolute atomic E-state index is 0.123. The number of hydrogen-bond acceptors (Lipinski definition) is 1. The van der Waals surface area contributed by atoms with E-state index < -0.39 is 0 Å². The molecule has 0 unspecified atom stereocenters. The second kappa shape index (κ2) is 6.71. The van der Waals surface area contributed by atoms with Gasteiger partial charge in [0.05, 0.1) is 5.76 Å². The van der Waals surface area contributed by atoms with Gasteiger partial charge in [-0.25, -0.2) is 0 Å². The molecule has 0 aliphatic heterocycles. The summed E-state index contributed by atoms with van der Waals surface area (Å²) >= 11 is 0. The van der Waals surface area contributed by atoms with Gasteiger partial charge < -0.3 is 4.74 Å². The van der Waals surface area contributed by atoms with Gasteiger partial charge in [-0.15, -0.1) is 0 Å². The number of rotatable bonds is 7. The number of hydrogen-bond donors (Lipinski definition) is 0. The minimum atomic E-state index is -0.123. The minimum Gasteiger partial charge on any atom is -0.493 e. The molecule has 0 aliphatic carbocycles. The first-order valence-electron chi connectivity index (χ1n) is 5.88. The zero-order chi connectivity index (χ0) is 11.9. The topological polar surface area (TPSA) is 9.23 Å². The molecule has 1 nitrogen and oxygen atoms in total. The monoisotopic (exact) mass is 210 g/mol. The molecule has 0 spiro atoms. The first-order chi connectivity index (χ1) is 6.85. The summed E-state index contributed by atoms with van der Waals surface area (Å²) in [5.74, 6) is 0.875. The maximum atomic E-state index is 5.66. The zero-order valence-corrected chi connectivity index (χ0v) is 10.9. The Morgan fingerprint density at radius 2 is 1.67 bits per heavy atom. The maximum absolute atomic E-state index is 5.66. The van der Waals surface area contributed by atoms with Crippen LogP contribution >= 0.6 is 0 Å². The van der Waals surface area contributed by atoms with Gasteiger partial charge in [-0.3, -0.25) is 0 Å². The molecular formula is C14H26O. The van der Waals surface area contributed by atoms with Crippen LogP contribution in [-0.4, -0.2) is 5.60 Å². The van der Waals surface area contributed by atoms with Crippen LogP contribution in [0.25, 0.3) is 0 Å². The smallest absolute Gasteiger partial charge is 0.100 e. The summed E-state index contributed by atoms with van der Waals surface area (Å²) in [5, 5.41) is 0. The summed E-state index contributed by atoms with van der Waals surface area (Å²) in [5.41, 5.74) is 1.19. The van der Waals surface area contributed by atoms with E-state index in [0.717, 1.165) is 25.0 Å².